The Bertz CT molecular complexity index is 696. The van der Waals surface area contributed by atoms with Crippen molar-refractivity contribution < 1.29 is 19.4 Å². The molecule has 1 N–H and O–H groups in total. The third kappa shape index (κ3) is 4.26. The Balaban J connectivity index is 2.24. The van der Waals surface area contributed by atoms with Crippen molar-refractivity contribution in [1.29, 1.82) is 0 Å². The van der Waals surface area contributed by atoms with Crippen molar-refractivity contribution in [3.63, 3.8) is 0 Å². The van der Waals surface area contributed by atoms with Gasteiger partial charge in [0.1, 0.15) is 9.88 Å². The Morgan fingerprint density at radius 2 is 2.04 bits per heavy atom. The molecule has 0 amide bonds. The molecule has 0 aliphatic rings. The Morgan fingerprint density at radius 1 is 1.25 bits per heavy atom. The zero-order valence-corrected chi connectivity index (χ0v) is 15.1. The maximum Gasteiger partial charge on any atom is 0.347 e. The molecule has 6 heteroatoms. The molecule has 130 valence electrons. The highest BCUT2D eigenvalue weighted by Crippen LogP contribution is 2.35. The summed E-state index contributed by atoms with van der Waals surface area (Å²) < 4.78 is 11.2. The van der Waals surface area contributed by atoms with E-state index in [0.29, 0.717) is 40.1 Å². The molecule has 0 spiro atoms. The van der Waals surface area contributed by atoms with Crippen LogP contribution in [0.15, 0.2) is 18.2 Å². The predicted molar refractivity (Wildman–Crippen MR) is 95.5 cm³/mol. The van der Waals surface area contributed by atoms with Crippen molar-refractivity contribution in [2.75, 3.05) is 13.7 Å². The Kier molecular flexibility index (Phi) is 6.61. The number of carbonyl (C=O) groups is 1. The summed E-state index contributed by atoms with van der Waals surface area (Å²) in [4.78, 5) is 16.1. The number of aryl methyl sites for hydroxylation is 1. The van der Waals surface area contributed by atoms with Crippen LogP contribution in [0, 0.1) is 0 Å². The fourth-order valence-corrected chi connectivity index (χ4v) is 3.33. The number of benzene rings is 1. The number of carboxylic acid groups (broad SMARTS) is 1. The van der Waals surface area contributed by atoms with Crippen LogP contribution < -0.4 is 9.47 Å². The second-order valence-corrected chi connectivity index (χ2v) is 6.37. The van der Waals surface area contributed by atoms with Gasteiger partial charge in [0.15, 0.2) is 11.5 Å². The first-order valence-corrected chi connectivity index (χ1v) is 8.96. The molecule has 24 heavy (non-hydrogen) atoms. The highest BCUT2D eigenvalue weighted by atomic mass is 32.1. The third-order valence-electron chi connectivity index (χ3n) is 3.64. The molecular formula is C18H23NO4S. The Hall–Kier alpha value is -2.08. The summed E-state index contributed by atoms with van der Waals surface area (Å²) in [5.74, 6) is 0.399. The van der Waals surface area contributed by atoms with Crippen molar-refractivity contribution in [1.82, 2.24) is 4.98 Å². The van der Waals surface area contributed by atoms with E-state index in [9.17, 15) is 9.90 Å². The summed E-state index contributed by atoms with van der Waals surface area (Å²) in [6, 6.07) is 5.59. The summed E-state index contributed by atoms with van der Waals surface area (Å²) >= 11 is 1.19. The number of hydrogen-bond donors (Lipinski definition) is 1. The average Bonchev–Trinajstić information content (AvgIpc) is 3.03. The maximum atomic E-state index is 11.3. The fraction of sp³-hybridized carbons (Fsp3) is 0.444. The normalized spacial score (nSPS) is 10.6. The van der Waals surface area contributed by atoms with Crippen LogP contribution in [0.25, 0.3) is 10.6 Å². The minimum absolute atomic E-state index is 0.298. The Labute approximate surface area is 146 Å². The van der Waals surface area contributed by atoms with E-state index >= 15 is 0 Å². The van der Waals surface area contributed by atoms with E-state index in [1.165, 1.54) is 11.3 Å². The number of unbranched alkanes of at least 4 members (excludes halogenated alkanes) is 2. The SMILES string of the molecule is CCCCCOc1ccc(-c2nc(CC)c(C(=O)O)s2)cc1OC. The van der Waals surface area contributed by atoms with Gasteiger partial charge >= 0.3 is 5.97 Å². The van der Waals surface area contributed by atoms with Crippen molar-refractivity contribution >= 4 is 17.3 Å². The molecule has 0 aliphatic carbocycles. The molecule has 0 fully saturated rings. The quantitative estimate of drug-likeness (QED) is 0.668. The van der Waals surface area contributed by atoms with Crippen LogP contribution in [0.4, 0.5) is 0 Å². The van der Waals surface area contributed by atoms with E-state index in [2.05, 4.69) is 11.9 Å². The first kappa shape index (κ1) is 18.3. The van der Waals surface area contributed by atoms with E-state index in [1.54, 1.807) is 7.11 Å². The van der Waals surface area contributed by atoms with Crippen LogP contribution in [0.1, 0.15) is 48.5 Å². The van der Waals surface area contributed by atoms with Gasteiger partial charge in [-0.3, -0.25) is 0 Å². The molecule has 0 saturated carbocycles. The molecule has 5 nitrogen and oxygen atoms in total. The summed E-state index contributed by atoms with van der Waals surface area (Å²) in [6.07, 6.45) is 3.88. The molecule has 0 bridgehead atoms. The van der Waals surface area contributed by atoms with Crippen LogP contribution in [0.5, 0.6) is 11.5 Å². The van der Waals surface area contributed by atoms with Crippen LogP contribution in [-0.4, -0.2) is 29.8 Å². The zero-order valence-electron chi connectivity index (χ0n) is 14.3. The van der Waals surface area contributed by atoms with Crippen LogP contribution >= 0.6 is 11.3 Å². The highest BCUT2D eigenvalue weighted by molar-refractivity contribution is 7.17. The molecule has 1 aromatic carbocycles. The first-order valence-electron chi connectivity index (χ1n) is 8.14. The maximum absolute atomic E-state index is 11.3. The van der Waals surface area contributed by atoms with Crippen LogP contribution in [0.2, 0.25) is 0 Å². The third-order valence-corrected chi connectivity index (χ3v) is 4.78. The van der Waals surface area contributed by atoms with Crippen molar-refractivity contribution in [3.05, 3.63) is 28.8 Å². The van der Waals surface area contributed by atoms with Crippen molar-refractivity contribution in [2.45, 2.75) is 39.5 Å². The molecular weight excluding hydrogens is 326 g/mol. The number of hydrogen-bond acceptors (Lipinski definition) is 5. The molecule has 0 radical (unpaired) electrons. The van der Waals surface area contributed by atoms with Gasteiger partial charge in [-0.05, 0) is 31.0 Å². The smallest absolute Gasteiger partial charge is 0.347 e. The molecule has 2 rings (SSSR count). The van der Waals surface area contributed by atoms with Gasteiger partial charge in [-0.15, -0.1) is 11.3 Å². The molecule has 0 unspecified atom stereocenters. The largest absolute Gasteiger partial charge is 0.493 e. The second kappa shape index (κ2) is 8.68. The van der Waals surface area contributed by atoms with E-state index in [-0.39, 0.29) is 0 Å². The number of rotatable bonds is 9. The van der Waals surface area contributed by atoms with Gasteiger partial charge in [0, 0.05) is 5.56 Å². The second-order valence-electron chi connectivity index (χ2n) is 5.37. The lowest BCUT2D eigenvalue weighted by Gasteiger charge is -2.11. The minimum atomic E-state index is -0.932. The summed E-state index contributed by atoms with van der Waals surface area (Å²) in [5.41, 5.74) is 1.45. The number of carboxylic acids is 1. The molecule has 0 aliphatic heterocycles. The van der Waals surface area contributed by atoms with Gasteiger partial charge in [-0.1, -0.05) is 26.7 Å². The van der Waals surface area contributed by atoms with E-state index in [0.717, 1.165) is 24.8 Å². The number of aromatic nitrogens is 1. The first-order chi connectivity index (χ1) is 11.6. The highest BCUT2D eigenvalue weighted by Gasteiger charge is 2.18. The van der Waals surface area contributed by atoms with Gasteiger partial charge < -0.3 is 14.6 Å². The lowest BCUT2D eigenvalue weighted by Crippen LogP contribution is -1.99. The minimum Gasteiger partial charge on any atom is -0.493 e. The van der Waals surface area contributed by atoms with Crippen molar-refractivity contribution in [3.8, 4) is 22.1 Å². The van der Waals surface area contributed by atoms with E-state index < -0.39 is 5.97 Å². The average molecular weight is 349 g/mol. The lowest BCUT2D eigenvalue weighted by atomic mass is 10.2. The monoisotopic (exact) mass is 349 g/mol. The zero-order chi connectivity index (χ0) is 17.5. The summed E-state index contributed by atoms with van der Waals surface area (Å²) in [5, 5.41) is 9.95. The number of ether oxygens (including phenoxy) is 2. The summed E-state index contributed by atoms with van der Waals surface area (Å²) in [7, 11) is 1.60. The molecule has 1 heterocycles. The van der Waals surface area contributed by atoms with Gasteiger partial charge in [0.05, 0.1) is 19.4 Å². The summed E-state index contributed by atoms with van der Waals surface area (Å²) in [6.45, 7) is 4.71. The fourth-order valence-electron chi connectivity index (χ4n) is 2.34. The van der Waals surface area contributed by atoms with Gasteiger partial charge in [0.2, 0.25) is 0 Å². The lowest BCUT2D eigenvalue weighted by molar-refractivity contribution is 0.0701. The van der Waals surface area contributed by atoms with Gasteiger partial charge in [-0.25, -0.2) is 9.78 Å². The molecule has 0 atom stereocenters. The molecule has 2 aromatic rings. The number of methoxy groups -OCH3 is 1. The van der Waals surface area contributed by atoms with E-state index in [4.69, 9.17) is 9.47 Å². The van der Waals surface area contributed by atoms with Crippen molar-refractivity contribution in [2.24, 2.45) is 0 Å². The molecule has 1 aromatic heterocycles. The number of nitrogens with zero attached hydrogens (tertiary/aromatic N) is 1. The standard InChI is InChI=1S/C18H23NO4S/c1-4-6-7-10-23-14-9-8-12(11-15(14)22-3)17-19-13(5-2)16(24-17)18(20)21/h8-9,11H,4-7,10H2,1-3H3,(H,20,21). The van der Waals surface area contributed by atoms with Gasteiger partial charge in [-0.2, -0.15) is 0 Å². The predicted octanol–water partition coefficient (Wildman–Crippen LogP) is 4.65. The topological polar surface area (TPSA) is 68.7 Å². The van der Waals surface area contributed by atoms with Crippen LogP contribution in [-0.2, 0) is 6.42 Å². The number of aromatic carboxylic acids is 1. The van der Waals surface area contributed by atoms with Gasteiger partial charge in [0.25, 0.3) is 0 Å². The molecule has 0 saturated heterocycles. The number of thiazole rings is 1. The van der Waals surface area contributed by atoms with Crippen LogP contribution in [0.3, 0.4) is 0 Å². The Morgan fingerprint density at radius 3 is 2.62 bits per heavy atom. The van der Waals surface area contributed by atoms with E-state index in [1.807, 2.05) is 25.1 Å².